The van der Waals surface area contributed by atoms with E-state index >= 15 is 0 Å². The Morgan fingerprint density at radius 2 is 2.12 bits per heavy atom. The highest BCUT2D eigenvalue weighted by molar-refractivity contribution is 7.51. The number of H-pyrrole nitrogens is 1. The first kappa shape index (κ1) is 17.9. The molecule has 1 aliphatic rings. The lowest BCUT2D eigenvalue weighted by molar-refractivity contribution is 0.350. The van der Waals surface area contributed by atoms with E-state index in [1.165, 1.54) is 0 Å². The molecule has 8 nitrogen and oxygen atoms in total. The summed E-state index contributed by atoms with van der Waals surface area (Å²) in [6, 6.07) is 3.55. The number of aromatic nitrogens is 2. The van der Waals surface area contributed by atoms with Crippen molar-refractivity contribution in [2.45, 2.75) is 19.3 Å². The Balaban J connectivity index is 1.81. The highest BCUT2D eigenvalue weighted by Gasteiger charge is 2.25. The molecule has 0 atom stereocenters. The third-order valence-electron chi connectivity index (χ3n) is 4.66. The number of pyridine rings is 2. The second-order valence-corrected chi connectivity index (χ2v) is 8.14. The Morgan fingerprint density at radius 3 is 2.76 bits per heavy atom. The molecule has 2 aromatic rings. The number of rotatable bonds is 5. The molecule has 9 heteroatoms. The Morgan fingerprint density at radius 1 is 1.40 bits per heavy atom. The summed E-state index contributed by atoms with van der Waals surface area (Å²) in [6.45, 7) is 1.38. The van der Waals surface area contributed by atoms with E-state index in [1.54, 1.807) is 19.4 Å². The molecular formula is C16H22N3O5P. The van der Waals surface area contributed by atoms with Gasteiger partial charge in [-0.3, -0.25) is 9.36 Å². The number of nitrogens with zero attached hydrogens (tertiary/aromatic N) is 2. The zero-order valence-corrected chi connectivity index (χ0v) is 14.9. The molecule has 2 aromatic heterocycles. The predicted octanol–water partition coefficient (Wildman–Crippen LogP) is 1.72. The predicted molar refractivity (Wildman–Crippen MR) is 95.4 cm³/mol. The fourth-order valence-corrected chi connectivity index (χ4v) is 3.99. The van der Waals surface area contributed by atoms with Crippen molar-refractivity contribution >= 4 is 24.2 Å². The second-order valence-electron chi connectivity index (χ2n) is 6.37. The summed E-state index contributed by atoms with van der Waals surface area (Å²) in [6.07, 6.45) is 3.67. The first-order valence-corrected chi connectivity index (χ1v) is 10.0. The Hall–Kier alpha value is -1.89. The van der Waals surface area contributed by atoms with Crippen LogP contribution in [-0.2, 0) is 4.57 Å². The lowest BCUT2D eigenvalue weighted by atomic mass is 9.94. The van der Waals surface area contributed by atoms with Crippen LogP contribution < -0.4 is 15.2 Å². The molecule has 0 aromatic carbocycles. The van der Waals surface area contributed by atoms with Gasteiger partial charge in [0.2, 0.25) is 5.88 Å². The summed E-state index contributed by atoms with van der Waals surface area (Å²) in [7, 11) is -2.40. The molecule has 0 radical (unpaired) electrons. The van der Waals surface area contributed by atoms with E-state index in [9.17, 15) is 9.36 Å². The van der Waals surface area contributed by atoms with Crippen LogP contribution in [0.1, 0.15) is 19.3 Å². The molecule has 25 heavy (non-hydrogen) atoms. The molecular weight excluding hydrogens is 345 g/mol. The van der Waals surface area contributed by atoms with E-state index in [1.807, 2.05) is 11.0 Å². The van der Waals surface area contributed by atoms with Crippen molar-refractivity contribution in [2.24, 2.45) is 5.92 Å². The van der Waals surface area contributed by atoms with E-state index in [0.717, 1.165) is 18.2 Å². The van der Waals surface area contributed by atoms with E-state index in [2.05, 4.69) is 9.97 Å². The minimum Gasteiger partial charge on any atom is -0.481 e. The van der Waals surface area contributed by atoms with E-state index in [-0.39, 0.29) is 17.6 Å². The lowest BCUT2D eigenvalue weighted by Crippen LogP contribution is -2.35. The SMILES string of the molecule is COc1cc2cc[nH]c(=O)c2c(N2CCC(CCP(=O)(O)O)CC2)n1. The third-order valence-corrected chi connectivity index (χ3v) is 5.50. The molecule has 0 spiro atoms. The fraction of sp³-hybridized carbons (Fsp3) is 0.500. The summed E-state index contributed by atoms with van der Waals surface area (Å²) >= 11 is 0. The number of hydrogen-bond donors (Lipinski definition) is 3. The van der Waals surface area contributed by atoms with Gasteiger partial charge in [-0.15, -0.1) is 0 Å². The van der Waals surface area contributed by atoms with Crippen LogP contribution in [0.2, 0.25) is 0 Å². The molecule has 1 saturated heterocycles. The van der Waals surface area contributed by atoms with Gasteiger partial charge < -0.3 is 24.4 Å². The number of ether oxygens (including phenoxy) is 1. The number of fused-ring (bicyclic) bond motifs is 1. The topological polar surface area (TPSA) is 116 Å². The van der Waals surface area contributed by atoms with Crippen LogP contribution in [0, 0.1) is 5.92 Å². The van der Waals surface area contributed by atoms with Crippen molar-refractivity contribution in [2.75, 3.05) is 31.3 Å². The quantitative estimate of drug-likeness (QED) is 0.689. The van der Waals surface area contributed by atoms with Crippen molar-refractivity contribution in [3.05, 3.63) is 28.7 Å². The van der Waals surface area contributed by atoms with Crippen LogP contribution in [0.15, 0.2) is 23.1 Å². The molecule has 3 N–H and O–H groups in total. The summed E-state index contributed by atoms with van der Waals surface area (Å²) in [4.78, 5) is 39.5. The maximum atomic E-state index is 12.3. The van der Waals surface area contributed by atoms with Gasteiger partial charge in [0, 0.05) is 25.4 Å². The van der Waals surface area contributed by atoms with Crippen LogP contribution in [-0.4, -0.2) is 46.1 Å². The molecule has 1 fully saturated rings. The van der Waals surface area contributed by atoms with E-state index in [0.29, 0.717) is 36.6 Å². The standard InChI is InChI=1S/C16H22N3O5P/c1-24-13-10-12-2-6-17-16(20)14(12)15(18-13)19-7-3-11(4-8-19)5-9-25(21,22)23/h2,6,10-11H,3-5,7-9H2,1H3,(H,17,20)(H2,21,22,23). The maximum Gasteiger partial charge on any atom is 0.325 e. The normalized spacial score (nSPS) is 16.4. The third kappa shape index (κ3) is 4.21. The van der Waals surface area contributed by atoms with Crippen LogP contribution in [0.5, 0.6) is 5.88 Å². The number of piperidine rings is 1. The first-order chi connectivity index (χ1) is 11.9. The molecule has 0 saturated carbocycles. The highest BCUT2D eigenvalue weighted by Crippen LogP contribution is 2.38. The Labute approximate surface area is 145 Å². The van der Waals surface area contributed by atoms with E-state index in [4.69, 9.17) is 14.5 Å². The molecule has 0 amide bonds. The van der Waals surface area contributed by atoms with Gasteiger partial charge in [0.15, 0.2) is 0 Å². The van der Waals surface area contributed by atoms with Gasteiger partial charge >= 0.3 is 7.60 Å². The van der Waals surface area contributed by atoms with Crippen molar-refractivity contribution in [3.8, 4) is 5.88 Å². The summed E-state index contributed by atoms with van der Waals surface area (Å²) in [5.41, 5.74) is -0.189. The van der Waals surface area contributed by atoms with Crippen LogP contribution in [0.3, 0.4) is 0 Å². The number of aromatic amines is 1. The van der Waals surface area contributed by atoms with Gasteiger partial charge in [-0.25, -0.2) is 0 Å². The fourth-order valence-electron chi connectivity index (χ4n) is 3.29. The summed E-state index contributed by atoms with van der Waals surface area (Å²) in [5, 5.41) is 1.31. The second kappa shape index (κ2) is 7.15. The lowest BCUT2D eigenvalue weighted by Gasteiger charge is -2.33. The number of nitrogens with one attached hydrogen (secondary N) is 1. The average Bonchev–Trinajstić information content (AvgIpc) is 2.59. The average molecular weight is 367 g/mol. The zero-order valence-electron chi connectivity index (χ0n) is 14.0. The Bertz CT molecular complexity index is 854. The molecule has 3 heterocycles. The summed E-state index contributed by atoms with van der Waals surface area (Å²) in [5.74, 6) is 1.33. The van der Waals surface area contributed by atoms with Crippen molar-refractivity contribution in [1.29, 1.82) is 0 Å². The minimum atomic E-state index is -3.94. The van der Waals surface area contributed by atoms with Gasteiger partial charge in [-0.1, -0.05) is 0 Å². The molecule has 1 aliphatic heterocycles. The van der Waals surface area contributed by atoms with Crippen molar-refractivity contribution < 1.29 is 19.1 Å². The van der Waals surface area contributed by atoms with Crippen molar-refractivity contribution in [1.82, 2.24) is 9.97 Å². The summed E-state index contributed by atoms with van der Waals surface area (Å²) < 4.78 is 16.3. The van der Waals surface area contributed by atoms with Crippen LogP contribution >= 0.6 is 7.60 Å². The maximum absolute atomic E-state index is 12.3. The van der Waals surface area contributed by atoms with Gasteiger partial charge in [0.1, 0.15) is 5.82 Å². The largest absolute Gasteiger partial charge is 0.481 e. The van der Waals surface area contributed by atoms with Crippen molar-refractivity contribution in [3.63, 3.8) is 0 Å². The van der Waals surface area contributed by atoms with Gasteiger partial charge in [-0.05, 0) is 36.6 Å². The van der Waals surface area contributed by atoms with Crippen LogP contribution in [0.4, 0.5) is 5.82 Å². The molecule has 0 unspecified atom stereocenters. The highest BCUT2D eigenvalue weighted by atomic mass is 31.2. The Kier molecular flexibility index (Phi) is 5.13. The van der Waals surface area contributed by atoms with E-state index < -0.39 is 7.60 Å². The number of methoxy groups -OCH3 is 1. The molecule has 136 valence electrons. The van der Waals surface area contributed by atoms with Gasteiger partial charge in [-0.2, -0.15) is 4.98 Å². The zero-order chi connectivity index (χ0) is 18.0. The first-order valence-electron chi connectivity index (χ1n) is 8.23. The molecule has 0 aliphatic carbocycles. The molecule has 0 bridgehead atoms. The van der Waals surface area contributed by atoms with Gasteiger partial charge in [0.05, 0.1) is 18.7 Å². The smallest absolute Gasteiger partial charge is 0.325 e. The number of anilines is 1. The van der Waals surface area contributed by atoms with Crippen LogP contribution in [0.25, 0.3) is 10.8 Å². The van der Waals surface area contributed by atoms with Gasteiger partial charge in [0.25, 0.3) is 5.56 Å². The minimum absolute atomic E-state index is 0.0718. The molecule has 3 rings (SSSR count). The monoisotopic (exact) mass is 367 g/mol. The number of hydrogen-bond acceptors (Lipinski definition) is 5.